The van der Waals surface area contributed by atoms with Crippen molar-refractivity contribution in [1.29, 1.82) is 0 Å². The molecule has 7 heteroatoms. The van der Waals surface area contributed by atoms with Crippen LogP contribution in [0.25, 0.3) is 0 Å². The number of alkyl halides is 3. The second-order valence-corrected chi connectivity index (χ2v) is 4.63. The van der Waals surface area contributed by atoms with Crippen LogP contribution in [-0.4, -0.2) is 29.3 Å². The summed E-state index contributed by atoms with van der Waals surface area (Å²) in [7, 11) is 0. The second kappa shape index (κ2) is 4.72. The highest BCUT2D eigenvalue weighted by molar-refractivity contribution is 5.39. The van der Waals surface area contributed by atoms with Crippen molar-refractivity contribution in [2.75, 3.05) is 18.0 Å². The average Bonchev–Trinajstić information content (AvgIpc) is 2.77. The van der Waals surface area contributed by atoms with Gasteiger partial charge in [0.1, 0.15) is 0 Å². The number of anilines is 1. The predicted molar refractivity (Wildman–Crippen MR) is 61.0 cm³/mol. The quantitative estimate of drug-likeness (QED) is 0.878. The van der Waals surface area contributed by atoms with Crippen molar-refractivity contribution in [1.82, 2.24) is 10.2 Å². The van der Waals surface area contributed by atoms with Gasteiger partial charge in [-0.05, 0) is 31.4 Å². The molecule has 2 unspecified atom stereocenters. The third kappa shape index (κ3) is 2.72. The van der Waals surface area contributed by atoms with Crippen LogP contribution in [0, 0.1) is 5.92 Å². The third-order valence-electron chi connectivity index (χ3n) is 3.23. The van der Waals surface area contributed by atoms with Crippen molar-refractivity contribution in [3.8, 4) is 0 Å². The van der Waals surface area contributed by atoms with Crippen LogP contribution in [0.3, 0.4) is 0 Å². The molecule has 100 valence electrons. The molecular formula is C11H15F3N4. The zero-order valence-electron chi connectivity index (χ0n) is 9.98. The molecule has 0 spiro atoms. The number of halogens is 3. The maximum absolute atomic E-state index is 12.3. The maximum Gasteiger partial charge on any atom is 0.435 e. The number of nitrogens with two attached hydrogens (primary N) is 1. The average molecular weight is 260 g/mol. The smallest absolute Gasteiger partial charge is 0.355 e. The normalized spacial score (nSPS) is 22.3. The first-order valence-electron chi connectivity index (χ1n) is 5.79. The number of rotatable bonds is 2. The Labute approximate surface area is 103 Å². The lowest BCUT2D eigenvalue weighted by Crippen LogP contribution is -2.30. The molecular weight excluding hydrogens is 245 g/mol. The number of hydrogen-bond donors (Lipinski definition) is 1. The minimum absolute atomic E-state index is 0.0809. The highest BCUT2D eigenvalue weighted by Gasteiger charge is 2.33. The lowest BCUT2D eigenvalue weighted by Gasteiger charge is -2.18. The van der Waals surface area contributed by atoms with E-state index in [1.54, 1.807) is 0 Å². The van der Waals surface area contributed by atoms with Crippen molar-refractivity contribution >= 4 is 5.82 Å². The molecule has 2 atom stereocenters. The Bertz CT molecular complexity index is 402. The first kappa shape index (κ1) is 13.1. The van der Waals surface area contributed by atoms with Crippen LogP contribution >= 0.6 is 0 Å². The highest BCUT2D eigenvalue weighted by Crippen LogP contribution is 2.28. The van der Waals surface area contributed by atoms with E-state index in [2.05, 4.69) is 10.2 Å². The van der Waals surface area contributed by atoms with Crippen LogP contribution in [0.15, 0.2) is 12.1 Å². The Morgan fingerprint density at radius 1 is 1.39 bits per heavy atom. The molecule has 1 aliphatic rings. The Balaban J connectivity index is 2.07. The third-order valence-corrected chi connectivity index (χ3v) is 3.23. The number of nitrogens with zero attached hydrogens (tertiary/aromatic N) is 3. The first-order chi connectivity index (χ1) is 8.38. The lowest BCUT2D eigenvalue weighted by atomic mass is 10.0. The van der Waals surface area contributed by atoms with Crippen LogP contribution < -0.4 is 10.6 Å². The molecule has 2 rings (SSSR count). The van der Waals surface area contributed by atoms with Crippen molar-refractivity contribution < 1.29 is 13.2 Å². The zero-order valence-corrected chi connectivity index (χ0v) is 9.98. The molecule has 0 bridgehead atoms. The molecule has 0 aromatic carbocycles. The Hall–Kier alpha value is -1.37. The molecule has 4 nitrogen and oxygen atoms in total. The van der Waals surface area contributed by atoms with Crippen molar-refractivity contribution in [3.05, 3.63) is 17.8 Å². The van der Waals surface area contributed by atoms with E-state index in [4.69, 9.17) is 5.73 Å². The summed E-state index contributed by atoms with van der Waals surface area (Å²) >= 11 is 0. The topological polar surface area (TPSA) is 55.0 Å². The fourth-order valence-corrected chi connectivity index (χ4v) is 2.07. The molecule has 0 radical (unpaired) electrons. The molecule has 2 heterocycles. The SMILES string of the molecule is CC(N)C1CCN(c2ccc(C(F)(F)F)nn2)C1. The second-order valence-electron chi connectivity index (χ2n) is 4.63. The Morgan fingerprint density at radius 2 is 2.11 bits per heavy atom. The number of aromatic nitrogens is 2. The predicted octanol–water partition coefficient (Wildman–Crippen LogP) is 1.67. The summed E-state index contributed by atoms with van der Waals surface area (Å²) in [5, 5.41) is 6.85. The van der Waals surface area contributed by atoms with Crippen LogP contribution in [0.1, 0.15) is 19.0 Å². The van der Waals surface area contributed by atoms with Gasteiger partial charge in [0.2, 0.25) is 0 Å². The summed E-state index contributed by atoms with van der Waals surface area (Å²) in [6.07, 6.45) is -3.51. The van der Waals surface area contributed by atoms with Gasteiger partial charge in [-0.25, -0.2) is 0 Å². The van der Waals surface area contributed by atoms with Gasteiger partial charge in [0, 0.05) is 19.1 Å². The van der Waals surface area contributed by atoms with Gasteiger partial charge in [-0.2, -0.15) is 13.2 Å². The van der Waals surface area contributed by atoms with E-state index in [-0.39, 0.29) is 6.04 Å². The van der Waals surface area contributed by atoms with Crippen LogP contribution in [0.4, 0.5) is 19.0 Å². The van der Waals surface area contributed by atoms with E-state index in [1.807, 2.05) is 11.8 Å². The van der Waals surface area contributed by atoms with Crippen molar-refractivity contribution in [2.45, 2.75) is 25.6 Å². The fourth-order valence-electron chi connectivity index (χ4n) is 2.07. The van der Waals surface area contributed by atoms with Gasteiger partial charge >= 0.3 is 6.18 Å². The van der Waals surface area contributed by atoms with Crippen LogP contribution in [0.2, 0.25) is 0 Å². The van der Waals surface area contributed by atoms with Gasteiger partial charge in [0.25, 0.3) is 0 Å². The van der Waals surface area contributed by atoms with E-state index < -0.39 is 11.9 Å². The molecule has 0 saturated carbocycles. The summed E-state index contributed by atoms with van der Waals surface area (Å²) in [5.41, 5.74) is 4.84. The molecule has 0 aliphatic carbocycles. The molecule has 0 amide bonds. The van der Waals surface area contributed by atoms with E-state index in [9.17, 15) is 13.2 Å². The van der Waals surface area contributed by atoms with Gasteiger partial charge in [-0.15, -0.1) is 10.2 Å². The molecule has 1 fully saturated rings. The molecule has 1 aromatic rings. The van der Waals surface area contributed by atoms with E-state index in [0.717, 1.165) is 25.6 Å². The summed E-state index contributed by atoms with van der Waals surface area (Å²) in [5.74, 6) is 0.834. The van der Waals surface area contributed by atoms with Gasteiger partial charge in [0.15, 0.2) is 11.5 Å². The minimum atomic E-state index is -4.44. The van der Waals surface area contributed by atoms with E-state index in [0.29, 0.717) is 11.7 Å². The monoisotopic (exact) mass is 260 g/mol. The zero-order chi connectivity index (χ0) is 13.3. The van der Waals surface area contributed by atoms with Gasteiger partial charge in [-0.1, -0.05) is 0 Å². The van der Waals surface area contributed by atoms with Gasteiger partial charge in [-0.3, -0.25) is 0 Å². The molecule has 1 saturated heterocycles. The molecule has 1 aliphatic heterocycles. The fraction of sp³-hybridized carbons (Fsp3) is 0.636. The first-order valence-corrected chi connectivity index (χ1v) is 5.79. The molecule has 18 heavy (non-hydrogen) atoms. The van der Waals surface area contributed by atoms with Crippen LogP contribution in [-0.2, 0) is 6.18 Å². The van der Waals surface area contributed by atoms with E-state index >= 15 is 0 Å². The molecule has 2 N–H and O–H groups in total. The lowest BCUT2D eigenvalue weighted by molar-refractivity contribution is -0.141. The Morgan fingerprint density at radius 3 is 2.56 bits per heavy atom. The summed E-state index contributed by atoms with van der Waals surface area (Å²) in [4.78, 5) is 1.92. The Kier molecular flexibility index (Phi) is 3.43. The number of hydrogen-bond acceptors (Lipinski definition) is 4. The highest BCUT2D eigenvalue weighted by atomic mass is 19.4. The molecule has 1 aromatic heterocycles. The largest absolute Gasteiger partial charge is 0.435 e. The van der Waals surface area contributed by atoms with Crippen LogP contribution in [0.5, 0.6) is 0 Å². The standard InChI is InChI=1S/C11H15F3N4/c1-7(15)8-4-5-18(6-8)10-3-2-9(16-17-10)11(12,13)14/h2-3,7-8H,4-6,15H2,1H3. The van der Waals surface area contributed by atoms with Crippen molar-refractivity contribution in [3.63, 3.8) is 0 Å². The summed E-state index contributed by atoms with van der Waals surface area (Å²) < 4.78 is 37.0. The summed E-state index contributed by atoms with van der Waals surface area (Å²) in [6.45, 7) is 3.41. The van der Waals surface area contributed by atoms with E-state index in [1.165, 1.54) is 6.07 Å². The van der Waals surface area contributed by atoms with Gasteiger partial charge in [0.05, 0.1) is 0 Å². The van der Waals surface area contributed by atoms with Crippen molar-refractivity contribution in [2.24, 2.45) is 11.7 Å². The summed E-state index contributed by atoms with van der Waals surface area (Å²) in [6, 6.07) is 2.40. The maximum atomic E-state index is 12.3. The van der Waals surface area contributed by atoms with Gasteiger partial charge < -0.3 is 10.6 Å². The minimum Gasteiger partial charge on any atom is -0.355 e.